The molecule has 6 nitrogen and oxygen atoms in total. The first kappa shape index (κ1) is 22.1. The molecule has 0 spiro atoms. The van der Waals surface area contributed by atoms with E-state index in [4.69, 9.17) is 11.2 Å². The number of likely N-dealkylation sites (N-methyl/N-ethyl adjacent to an activating group) is 1. The molecule has 0 unspecified atom stereocenters. The van der Waals surface area contributed by atoms with E-state index in [2.05, 4.69) is 22.9 Å². The number of benzene rings is 2. The van der Waals surface area contributed by atoms with Crippen molar-refractivity contribution in [1.82, 2.24) is 10.2 Å². The molecule has 1 aliphatic heterocycles. The zero-order valence-corrected chi connectivity index (χ0v) is 17.4. The summed E-state index contributed by atoms with van der Waals surface area (Å²) >= 11 is 0. The molecule has 2 aromatic rings. The molecule has 7 heteroatoms. The predicted octanol–water partition coefficient (Wildman–Crippen LogP) is 3.64. The molecule has 0 bridgehead atoms. The van der Waals surface area contributed by atoms with Gasteiger partial charge in [-0.2, -0.15) is 0 Å². The molecular weight excluding hydrogens is 395 g/mol. The minimum atomic E-state index is -0.486. The number of aliphatic imine (C=N–C) groups is 1. The van der Waals surface area contributed by atoms with Gasteiger partial charge in [0.25, 0.3) is 0 Å². The molecule has 31 heavy (non-hydrogen) atoms. The molecule has 160 valence electrons. The third-order valence-electron chi connectivity index (χ3n) is 4.88. The number of cyclic esters (lactones) is 1. The number of carbonyl (C=O) groups excluding carboxylic acids is 1. The number of carbonyl (C=O) groups is 1. The van der Waals surface area contributed by atoms with Crippen LogP contribution in [0.4, 0.5) is 14.9 Å². The van der Waals surface area contributed by atoms with Gasteiger partial charge in [0.1, 0.15) is 11.9 Å². The minimum Gasteiger partial charge on any atom is -0.442 e. The van der Waals surface area contributed by atoms with E-state index in [-0.39, 0.29) is 6.10 Å². The van der Waals surface area contributed by atoms with E-state index in [1.165, 1.54) is 11.0 Å². The fourth-order valence-corrected chi connectivity index (χ4v) is 3.36. The average molecular weight is 420 g/mol. The summed E-state index contributed by atoms with van der Waals surface area (Å²) < 4.78 is 20.3. The second-order valence-corrected chi connectivity index (χ2v) is 7.21. The van der Waals surface area contributed by atoms with Gasteiger partial charge < -0.3 is 15.0 Å². The van der Waals surface area contributed by atoms with Crippen LogP contribution in [0.25, 0.3) is 11.1 Å². The monoisotopic (exact) mass is 420 g/mol. The van der Waals surface area contributed by atoms with E-state index in [1.54, 1.807) is 24.5 Å². The number of nitrogens with zero attached hydrogens (tertiary/aromatic N) is 3. The second-order valence-electron chi connectivity index (χ2n) is 7.21. The van der Waals surface area contributed by atoms with Crippen LogP contribution in [-0.4, -0.2) is 50.5 Å². The first-order valence-corrected chi connectivity index (χ1v) is 9.85. The summed E-state index contributed by atoms with van der Waals surface area (Å²) in [6.45, 7) is 5.37. The number of anilines is 1. The quantitative estimate of drug-likeness (QED) is 0.382. The van der Waals surface area contributed by atoms with Crippen LogP contribution in [0.15, 0.2) is 59.9 Å². The molecule has 1 aliphatic rings. The molecular formula is C24H25FN4O2. The summed E-state index contributed by atoms with van der Waals surface area (Å²) in [5, 5.41) is 3.12. The molecule has 2 aromatic carbocycles. The lowest BCUT2D eigenvalue weighted by molar-refractivity contribution is 0.127. The first-order chi connectivity index (χ1) is 15.0. The van der Waals surface area contributed by atoms with Gasteiger partial charge in [0.2, 0.25) is 0 Å². The average Bonchev–Trinajstić information content (AvgIpc) is 3.13. The highest BCUT2D eigenvalue weighted by molar-refractivity contribution is 5.90. The molecule has 0 aliphatic carbocycles. The van der Waals surface area contributed by atoms with E-state index in [0.717, 1.165) is 11.1 Å². The Balaban J connectivity index is 1.68. The zero-order chi connectivity index (χ0) is 22.2. The molecule has 0 aromatic heterocycles. The fourth-order valence-electron chi connectivity index (χ4n) is 3.36. The van der Waals surface area contributed by atoms with Crippen LogP contribution >= 0.6 is 0 Å². The minimum absolute atomic E-state index is 0.328. The van der Waals surface area contributed by atoms with Crippen molar-refractivity contribution in [2.45, 2.75) is 12.6 Å². The molecule has 1 amide bonds. The lowest BCUT2D eigenvalue weighted by Gasteiger charge is -2.17. The van der Waals surface area contributed by atoms with Crippen molar-refractivity contribution in [3.05, 3.63) is 66.2 Å². The maximum Gasteiger partial charge on any atom is 0.414 e. The Morgan fingerprint density at radius 1 is 1.39 bits per heavy atom. The number of hydrogen-bond acceptors (Lipinski definition) is 5. The topological polar surface area (TPSA) is 57.2 Å². The van der Waals surface area contributed by atoms with E-state index in [0.29, 0.717) is 37.4 Å². The summed E-state index contributed by atoms with van der Waals surface area (Å²) in [7, 11) is 1.85. The van der Waals surface area contributed by atoms with Gasteiger partial charge in [-0.1, -0.05) is 30.2 Å². The molecule has 1 fully saturated rings. The summed E-state index contributed by atoms with van der Waals surface area (Å²) in [5.74, 6) is 2.13. The van der Waals surface area contributed by atoms with Gasteiger partial charge in [-0.15, -0.1) is 6.42 Å². The second kappa shape index (κ2) is 10.4. The lowest BCUT2D eigenvalue weighted by Crippen LogP contribution is -2.29. The van der Waals surface area contributed by atoms with Crippen LogP contribution in [0.5, 0.6) is 0 Å². The standard InChI is InChI=1S/C24H25FN4O2/c1-4-11-27-15-18-5-7-19(8-6-18)22-10-9-20(14-23(22)25)29-17-21(31-24(29)30)16-28(3)13-12-26-2/h1,5-10,12-14,21,27H,2,11,15-17H2,3H3/b13-12-/t21-/m0/s1. The van der Waals surface area contributed by atoms with E-state index in [9.17, 15) is 9.18 Å². The third-order valence-corrected chi connectivity index (χ3v) is 4.88. The number of hydrogen-bond donors (Lipinski definition) is 1. The lowest BCUT2D eigenvalue weighted by atomic mass is 10.0. The van der Waals surface area contributed by atoms with E-state index < -0.39 is 11.9 Å². The summed E-state index contributed by atoms with van der Waals surface area (Å²) in [6.07, 6.45) is 7.71. The molecule has 0 radical (unpaired) electrons. The Labute approximate surface area is 182 Å². The molecule has 1 N–H and O–H groups in total. The van der Waals surface area contributed by atoms with Crippen molar-refractivity contribution in [1.29, 1.82) is 0 Å². The maximum absolute atomic E-state index is 14.9. The summed E-state index contributed by atoms with van der Waals surface area (Å²) in [5.41, 5.74) is 2.76. The number of halogens is 1. The van der Waals surface area contributed by atoms with Crippen molar-refractivity contribution < 1.29 is 13.9 Å². The van der Waals surface area contributed by atoms with E-state index in [1.807, 2.05) is 36.2 Å². The number of amides is 1. The fraction of sp³-hybridized carbons (Fsp3) is 0.250. The Bertz CT molecular complexity index is 998. The first-order valence-electron chi connectivity index (χ1n) is 9.85. The van der Waals surface area contributed by atoms with Crippen molar-refractivity contribution in [3.63, 3.8) is 0 Å². The van der Waals surface area contributed by atoms with Crippen molar-refractivity contribution >= 4 is 18.5 Å². The van der Waals surface area contributed by atoms with Crippen molar-refractivity contribution in [3.8, 4) is 23.5 Å². The van der Waals surface area contributed by atoms with Gasteiger partial charge in [0.05, 0.1) is 25.3 Å². The molecule has 1 atom stereocenters. The van der Waals surface area contributed by atoms with Crippen LogP contribution < -0.4 is 10.2 Å². The maximum atomic E-state index is 14.9. The predicted molar refractivity (Wildman–Crippen MR) is 121 cm³/mol. The normalized spacial score (nSPS) is 15.7. The zero-order valence-electron chi connectivity index (χ0n) is 17.4. The van der Waals surface area contributed by atoms with Crippen LogP contribution in [0.2, 0.25) is 0 Å². The van der Waals surface area contributed by atoms with Crippen LogP contribution in [0.1, 0.15) is 5.56 Å². The van der Waals surface area contributed by atoms with Gasteiger partial charge in [-0.25, -0.2) is 9.18 Å². The summed E-state index contributed by atoms with van der Waals surface area (Å²) in [6, 6.07) is 12.4. The molecule has 1 saturated heterocycles. The Morgan fingerprint density at radius 3 is 2.84 bits per heavy atom. The van der Waals surface area contributed by atoms with Gasteiger partial charge in [-0.05, 0) is 36.0 Å². The largest absolute Gasteiger partial charge is 0.442 e. The van der Waals surface area contributed by atoms with Crippen LogP contribution in [0.3, 0.4) is 0 Å². The third kappa shape index (κ3) is 5.71. The highest BCUT2D eigenvalue weighted by Gasteiger charge is 2.33. The van der Waals surface area contributed by atoms with Gasteiger partial charge in [0.15, 0.2) is 0 Å². The summed E-state index contributed by atoms with van der Waals surface area (Å²) in [4.78, 5) is 19.2. The van der Waals surface area contributed by atoms with Crippen molar-refractivity contribution in [2.24, 2.45) is 4.99 Å². The highest BCUT2D eigenvalue weighted by atomic mass is 19.1. The number of ether oxygens (including phenoxy) is 1. The van der Waals surface area contributed by atoms with Gasteiger partial charge in [0, 0.05) is 31.6 Å². The Kier molecular flexibility index (Phi) is 7.41. The molecule has 3 rings (SSSR count). The number of nitrogens with one attached hydrogen (secondary N) is 1. The Hall–Kier alpha value is -3.63. The van der Waals surface area contributed by atoms with Crippen LogP contribution in [0, 0.1) is 18.2 Å². The Morgan fingerprint density at radius 2 is 2.16 bits per heavy atom. The van der Waals surface area contributed by atoms with Crippen molar-refractivity contribution in [2.75, 3.05) is 31.6 Å². The van der Waals surface area contributed by atoms with Gasteiger partial charge in [-0.3, -0.25) is 9.89 Å². The van der Waals surface area contributed by atoms with E-state index >= 15 is 0 Å². The highest BCUT2D eigenvalue weighted by Crippen LogP contribution is 2.29. The van der Waals surface area contributed by atoms with Crippen LogP contribution in [-0.2, 0) is 11.3 Å². The molecule has 0 saturated carbocycles. The SMILES string of the molecule is C#CCNCc1ccc(-c2ccc(N3C[C@H](CN(C)/C=C\N=C)OC3=O)cc2F)cc1. The number of rotatable bonds is 9. The molecule has 1 heterocycles. The van der Waals surface area contributed by atoms with Gasteiger partial charge >= 0.3 is 6.09 Å². The number of terminal acetylenes is 1. The smallest absolute Gasteiger partial charge is 0.414 e.